The number of benzene rings is 2. The normalized spacial score (nSPS) is 13.2. The minimum Gasteiger partial charge on any atom is -0.461 e. The molecule has 0 aliphatic heterocycles. The van der Waals surface area contributed by atoms with Gasteiger partial charge in [0.2, 0.25) is 0 Å². The quantitative estimate of drug-likeness (QED) is 0.119. The number of esters is 2. The second-order valence-electron chi connectivity index (χ2n) is 12.3. The van der Waals surface area contributed by atoms with Crippen LogP contribution >= 0.6 is 0 Å². The minimum absolute atomic E-state index is 0.0576. The summed E-state index contributed by atoms with van der Waals surface area (Å²) in [5.41, 5.74) is 7.11. The predicted molar refractivity (Wildman–Crippen MR) is 170 cm³/mol. The first kappa shape index (κ1) is 37.1. The Balaban J connectivity index is 1.94. The van der Waals surface area contributed by atoms with Crippen molar-refractivity contribution in [2.45, 2.75) is 104 Å². The molecular weight excluding hydrogens is 578 g/mol. The van der Waals surface area contributed by atoms with E-state index in [1.54, 1.807) is 20.8 Å². The Morgan fingerprint density at radius 3 is 1.96 bits per heavy atom. The van der Waals surface area contributed by atoms with Crippen LogP contribution in [0.25, 0.3) is 0 Å². The molecule has 0 radical (unpaired) electrons. The van der Waals surface area contributed by atoms with Crippen LogP contribution in [0.5, 0.6) is 0 Å². The highest BCUT2D eigenvalue weighted by molar-refractivity contribution is 5.77. The molecule has 0 saturated carbocycles. The average molecular weight is 628 g/mol. The molecule has 0 aliphatic rings. The van der Waals surface area contributed by atoms with Crippen molar-refractivity contribution >= 4 is 24.1 Å². The lowest BCUT2D eigenvalue weighted by atomic mass is 9.97. The SMILES string of the molecule is CC(C)C[C@H](NC(=O)OC(C)(C)C)[C@H](CC(=O)OCc1ccccc1)OC(=O)[C@@H](N)CCCCNC(=O)OCc1ccccc1. The van der Waals surface area contributed by atoms with E-state index in [1.807, 2.05) is 74.5 Å². The molecule has 45 heavy (non-hydrogen) atoms. The number of hydrogen-bond acceptors (Lipinski definition) is 9. The molecule has 2 aromatic rings. The van der Waals surface area contributed by atoms with Crippen molar-refractivity contribution in [1.29, 1.82) is 0 Å². The molecule has 0 saturated heterocycles. The number of nitrogens with one attached hydrogen (secondary N) is 2. The van der Waals surface area contributed by atoms with E-state index in [0.29, 0.717) is 32.2 Å². The van der Waals surface area contributed by atoms with Crippen molar-refractivity contribution in [3.05, 3.63) is 71.8 Å². The van der Waals surface area contributed by atoms with Crippen molar-refractivity contribution in [3.63, 3.8) is 0 Å². The van der Waals surface area contributed by atoms with E-state index >= 15 is 0 Å². The third-order valence-electron chi connectivity index (χ3n) is 6.48. The van der Waals surface area contributed by atoms with Crippen molar-refractivity contribution in [2.24, 2.45) is 11.7 Å². The van der Waals surface area contributed by atoms with Gasteiger partial charge >= 0.3 is 24.1 Å². The van der Waals surface area contributed by atoms with Gasteiger partial charge in [-0.3, -0.25) is 9.59 Å². The van der Waals surface area contributed by atoms with E-state index in [0.717, 1.165) is 11.1 Å². The maximum atomic E-state index is 13.1. The first-order chi connectivity index (χ1) is 21.3. The van der Waals surface area contributed by atoms with Crippen LogP contribution in [0.3, 0.4) is 0 Å². The average Bonchev–Trinajstić information content (AvgIpc) is 2.98. The maximum Gasteiger partial charge on any atom is 0.408 e. The maximum absolute atomic E-state index is 13.1. The molecule has 0 aliphatic carbocycles. The summed E-state index contributed by atoms with van der Waals surface area (Å²) in [5, 5.41) is 5.46. The number of carbonyl (C=O) groups excluding carboxylic acids is 4. The molecular formula is C34H49N3O8. The molecule has 248 valence electrons. The van der Waals surface area contributed by atoms with E-state index in [1.165, 1.54) is 0 Å². The third-order valence-corrected chi connectivity index (χ3v) is 6.48. The van der Waals surface area contributed by atoms with Gasteiger partial charge in [-0.15, -0.1) is 0 Å². The lowest BCUT2D eigenvalue weighted by molar-refractivity contribution is -0.159. The second-order valence-corrected chi connectivity index (χ2v) is 12.3. The van der Waals surface area contributed by atoms with Crippen LogP contribution in [0.2, 0.25) is 0 Å². The number of carbonyl (C=O) groups is 4. The molecule has 11 nitrogen and oxygen atoms in total. The topological polar surface area (TPSA) is 155 Å². The zero-order chi connectivity index (χ0) is 33.2. The second kappa shape index (κ2) is 19.3. The van der Waals surface area contributed by atoms with Gasteiger partial charge in [0.25, 0.3) is 0 Å². The number of rotatable bonds is 17. The minimum atomic E-state index is -1.04. The van der Waals surface area contributed by atoms with E-state index < -0.39 is 47.9 Å². The number of amides is 2. The summed E-state index contributed by atoms with van der Waals surface area (Å²) < 4.78 is 21.8. The molecule has 2 aromatic carbocycles. The van der Waals surface area contributed by atoms with Gasteiger partial charge in [-0.05, 0) is 63.5 Å². The Hall–Kier alpha value is -4.12. The number of alkyl carbamates (subject to hydrolysis) is 2. The summed E-state index contributed by atoms with van der Waals surface area (Å²) in [6, 6.07) is 16.9. The monoisotopic (exact) mass is 627 g/mol. The lowest BCUT2D eigenvalue weighted by Gasteiger charge is -2.30. The molecule has 3 atom stereocenters. The van der Waals surface area contributed by atoms with Crippen molar-refractivity contribution < 1.29 is 38.1 Å². The molecule has 0 bridgehead atoms. The van der Waals surface area contributed by atoms with Crippen LogP contribution in [0.1, 0.15) is 77.8 Å². The largest absolute Gasteiger partial charge is 0.461 e. The van der Waals surface area contributed by atoms with Gasteiger partial charge in [0.15, 0.2) is 0 Å². The van der Waals surface area contributed by atoms with Crippen LogP contribution in [0, 0.1) is 5.92 Å². The van der Waals surface area contributed by atoms with E-state index in [9.17, 15) is 19.2 Å². The first-order valence-corrected chi connectivity index (χ1v) is 15.4. The van der Waals surface area contributed by atoms with Gasteiger partial charge in [-0.1, -0.05) is 74.5 Å². The van der Waals surface area contributed by atoms with Gasteiger partial charge in [0, 0.05) is 6.54 Å². The molecule has 4 N–H and O–H groups in total. The molecule has 0 fully saturated rings. The summed E-state index contributed by atoms with van der Waals surface area (Å²) in [6.45, 7) is 9.70. The number of hydrogen-bond donors (Lipinski definition) is 3. The number of ether oxygens (including phenoxy) is 4. The van der Waals surface area contributed by atoms with Crippen LogP contribution in [-0.4, -0.2) is 54.5 Å². The Kier molecular flexibility index (Phi) is 15.9. The highest BCUT2D eigenvalue weighted by Gasteiger charge is 2.33. The Morgan fingerprint density at radius 1 is 0.822 bits per heavy atom. The van der Waals surface area contributed by atoms with Gasteiger partial charge in [-0.2, -0.15) is 0 Å². The molecule has 0 spiro atoms. The standard InChI is InChI=1S/C34H49N3O8/c1-24(2)20-28(37-33(41)45-34(3,4)5)29(21-30(38)42-22-25-14-8-6-9-15-25)44-31(39)27(35)18-12-13-19-36-32(40)43-23-26-16-10-7-11-17-26/h6-11,14-17,24,27-29H,12-13,18-23,35H2,1-5H3,(H,36,40)(H,37,41)/t27-,28-,29-/m0/s1. The zero-order valence-electron chi connectivity index (χ0n) is 27.1. The van der Waals surface area contributed by atoms with E-state index in [2.05, 4.69) is 10.6 Å². The number of unbranched alkanes of at least 4 members (excludes halogenated alkanes) is 1. The van der Waals surface area contributed by atoms with E-state index in [-0.39, 0.29) is 25.6 Å². The third kappa shape index (κ3) is 16.5. The summed E-state index contributed by atoms with van der Waals surface area (Å²) >= 11 is 0. The van der Waals surface area contributed by atoms with Gasteiger partial charge in [-0.25, -0.2) is 9.59 Å². The Labute approximate surface area is 266 Å². The zero-order valence-corrected chi connectivity index (χ0v) is 27.1. The van der Waals surface area contributed by atoms with Gasteiger partial charge in [0.05, 0.1) is 12.5 Å². The van der Waals surface area contributed by atoms with E-state index in [4.69, 9.17) is 24.7 Å². The summed E-state index contributed by atoms with van der Waals surface area (Å²) in [4.78, 5) is 50.6. The van der Waals surface area contributed by atoms with Crippen molar-refractivity contribution in [2.75, 3.05) is 6.54 Å². The summed E-state index contributed by atoms with van der Waals surface area (Å²) in [6.07, 6.45) is -0.749. The molecule has 11 heteroatoms. The lowest BCUT2D eigenvalue weighted by Crippen LogP contribution is -2.50. The summed E-state index contributed by atoms with van der Waals surface area (Å²) in [7, 11) is 0. The fourth-order valence-electron chi connectivity index (χ4n) is 4.31. The van der Waals surface area contributed by atoms with Crippen LogP contribution in [0.4, 0.5) is 9.59 Å². The summed E-state index contributed by atoms with van der Waals surface area (Å²) in [5.74, 6) is -1.20. The molecule has 0 unspecified atom stereocenters. The smallest absolute Gasteiger partial charge is 0.408 e. The van der Waals surface area contributed by atoms with Crippen molar-refractivity contribution in [3.8, 4) is 0 Å². The van der Waals surface area contributed by atoms with Crippen LogP contribution in [-0.2, 0) is 41.8 Å². The molecule has 2 amide bonds. The fraction of sp³-hybridized carbons (Fsp3) is 0.529. The highest BCUT2D eigenvalue weighted by atomic mass is 16.6. The fourth-order valence-corrected chi connectivity index (χ4v) is 4.31. The highest BCUT2D eigenvalue weighted by Crippen LogP contribution is 2.18. The molecule has 2 rings (SSSR count). The van der Waals surface area contributed by atoms with Gasteiger partial charge in [0.1, 0.15) is 31.0 Å². The molecule has 0 heterocycles. The number of nitrogens with two attached hydrogens (primary N) is 1. The first-order valence-electron chi connectivity index (χ1n) is 15.4. The Morgan fingerprint density at radius 2 is 1.40 bits per heavy atom. The molecule has 0 aromatic heterocycles. The van der Waals surface area contributed by atoms with Gasteiger partial charge < -0.3 is 35.3 Å². The van der Waals surface area contributed by atoms with Crippen LogP contribution in [0.15, 0.2) is 60.7 Å². The van der Waals surface area contributed by atoms with Crippen LogP contribution < -0.4 is 16.4 Å². The van der Waals surface area contributed by atoms with Crippen molar-refractivity contribution in [1.82, 2.24) is 10.6 Å². The Bertz CT molecular complexity index is 1180. The predicted octanol–water partition coefficient (Wildman–Crippen LogP) is 5.40.